The number of imide groups is 1. The summed E-state index contributed by atoms with van der Waals surface area (Å²) in [6.45, 7) is 11.1. The summed E-state index contributed by atoms with van der Waals surface area (Å²) in [4.78, 5) is 28.9. The van der Waals surface area contributed by atoms with Gasteiger partial charge in [-0.2, -0.15) is 0 Å². The van der Waals surface area contributed by atoms with Crippen molar-refractivity contribution in [3.63, 3.8) is 0 Å². The van der Waals surface area contributed by atoms with E-state index in [1.807, 2.05) is 5.01 Å². The highest BCUT2D eigenvalue weighted by molar-refractivity contribution is 6.01. The minimum atomic E-state index is -0.0435. The van der Waals surface area contributed by atoms with Crippen LogP contribution >= 0.6 is 0 Å². The minimum absolute atomic E-state index is 0.0435. The molecule has 3 aliphatic heterocycles. The first-order chi connectivity index (χ1) is 13.5. The molecule has 2 amide bonds. The van der Waals surface area contributed by atoms with Gasteiger partial charge in [0.25, 0.3) is 0 Å². The minimum Gasteiger partial charge on any atom is -0.372 e. The maximum absolute atomic E-state index is 12.0. The lowest BCUT2D eigenvalue weighted by Crippen LogP contribution is -2.55. The molecule has 0 aromatic heterocycles. The first-order valence-corrected chi connectivity index (χ1v) is 10.7. The second-order valence-corrected chi connectivity index (χ2v) is 8.56. The van der Waals surface area contributed by atoms with Crippen LogP contribution in [0.2, 0.25) is 0 Å². The molecule has 0 unspecified atom stereocenters. The predicted octanol–water partition coefficient (Wildman–Crippen LogP) is 2.59. The summed E-state index contributed by atoms with van der Waals surface area (Å²) in [6, 6.07) is 6.98. The number of benzene rings is 1. The number of anilines is 1. The number of rotatable bonds is 5. The van der Waals surface area contributed by atoms with Crippen molar-refractivity contribution < 1.29 is 9.59 Å². The molecule has 1 aromatic rings. The van der Waals surface area contributed by atoms with Gasteiger partial charge in [0.15, 0.2) is 0 Å². The Morgan fingerprint density at radius 1 is 0.893 bits per heavy atom. The lowest BCUT2D eigenvalue weighted by atomic mass is 9.95. The number of carbonyl (C=O) groups excluding carboxylic acids is 2. The van der Waals surface area contributed by atoms with Crippen LogP contribution in [0.5, 0.6) is 0 Å². The van der Waals surface area contributed by atoms with Crippen molar-refractivity contribution in [2.24, 2.45) is 0 Å². The number of piperazine rings is 1. The van der Waals surface area contributed by atoms with E-state index in [2.05, 4.69) is 41.8 Å². The molecule has 0 atom stereocenters. The number of hydrogen-bond donors (Lipinski definition) is 0. The number of hydrazine groups is 1. The highest BCUT2D eigenvalue weighted by atomic mass is 16.2. The lowest BCUT2D eigenvalue weighted by molar-refractivity contribution is -0.160. The van der Waals surface area contributed by atoms with Crippen LogP contribution in [0.15, 0.2) is 18.2 Å². The SMILES string of the molecule is CC(C)c1cc(N2CCCC2)ccc1CN1CCN(N2C(=O)CCC2=O)CC1. The van der Waals surface area contributed by atoms with Gasteiger partial charge in [0.05, 0.1) is 0 Å². The molecule has 0 N–H and O–H groups in total. The van der Waals surface area contributed by atoms with E-state index in [1.54, 1.807) is 0 Å². The highest BCUT2D eigenvalue weighted by Gasteiger charge is 2.35. The topological polar surface area (TPSA) is 47.1 Å². The molecule has 1 aromatic carbocycles. The van der Waals surface area contributed by atoms with Gasteiger partial charge in [0.1, 0.15) is 0 Å². The van der Waals surface area contributed by atoms with E-state index in [0.717, 1.165) is 32.7 Å². The molecule has 6 heteroatoms. The van der Waals surface area contributed by atoms with Crippen LogP contribution in [0.1, 0.15) is 56.6 Å². The molecule has 4 rings (SSSR count). The van der Waals surface area contributed by atoms with Crippen molar-refractivity contribution in [2.45, 2.75) is 52.0 Å². The zero-order chi connectivity index (χ0) is 19.7. The Bertz CT molecular complexity index is 718. The molecule has 28 heavy (non-hydrogen) atoms. The third kappa shape index (κ3) is 3.94. The Kier molecular flexibility index (Phi) is 5.69. The first kappa shape index (κ1) is 19.4. The first-order valence-electron chi connectivity index (χ1n) is 10.7. The Hall–Kier alpha value is -1.92. The maximum atomic E-state index is 12.0. The summed E-state index contributed by atoms with van der Waals surface area (Å²) in [5.41, 5.74) is 4.21. The molecule has 0 spiro atoms. The van der Waals surface area contributed by atoms with Crippen LogP contribution in [-0.2, 0) is 16.1 Å². The van der Waals surface area contributed by atoms with Crippen molar-refractivity contribution >= 4 is 17.5 Å². The second kappa shape index (κ2) is 8.21. The van der Waals surface area contributed by atoms with Gasteiger partial charge in [-0.1, -0.05) is 19.9 Å². The van der Waals surface area contributed by atoms with Gasteiger partial charge in [0.2, 0.25) is 11.8 Å². The Labute approximate surface area is 168 Å². The van der Waals surface area contributed by atoms with Gasteiger partial charge in [-0.25, -0.2) is 10.0 Å². The van der Waals surface area contributed by atoms with E-state index >= 15 is 0 Å². The highest BCUT2D eigenvalue weighted by Crippen LogP contribution is 2.29. The molecular weight excluding hydrogens is 352 g/mol. The van der Waals surface area contributed by atoms with Crippen molar-refractivity contribution in [2.75, 3.05) is 44.2 Å². The Balaban J connectivity index is 1.40. The van der Waals surface area contributed by atoms with E-state index < -0.39 is 0 Å². The molecule has 3 heterocycles. The van der Waals surface area contributed by atoms with Crippen LogP contribution in [0, 0.1) is 0 Å². The molecule has 0 radical (unpaired) electrons. The van der Waals surface area contributed by atoms with Crippen LogP contribution in [0.25, 0.3) is 0 Å². The van der Waals surface area contributed by atoms with Gasteiger partial charge in [0, 0.05) is 64.3 Å². The molecule has 3 fully saturated rings. The summed E-state index contributed by atoms with van der Waals surface area (Å²) in [7, 11) is 0. The summed E-state index contributed by atoms with van der Waals surface area (Å²) in [5.74, 6) is 0.412. The molecule has 0 bridgehead atoms. The van der Waals surface area contributed by atoms with Crippen molar-refractivity contribution in [3.05, 3.63) is 29.3 Å². The molecule has 152 valence electrons. The van der Waals surface area contributed by atoms with Crippen molar-refractivity contribution in [1.29, 1.82) is 0 Å². The Morgan fingerprint density at radius 2 is 1.54 bits per heavy atom. The van der Waals surface area contributed by atoms with Crippen molar-refractivity contribution in [1.82, 2.24) is 14.9 Å². The van der Waals surface area contributed by atoms with Gasteiger partial charge >= 0.3 is 0 Å². The van der Waals surface area contributed by atoms with E-state index in [-0.39, 0.29) is 11.8 Å². The average Bonchev–Trinajstić information content (AvgIpc) is 3.33. The predicted molar refractivity (Wildman–Crippen MR) is 110 cm³/mol. The normalized spacial score (nSPS) is 22.1. The summed E-state index contributed by atoms with van der Waals surface area (Å²) in [6.07, 6.45) is 3.32. The summed E-state index contributed by atoms with van der Waals surface area (Å²) in [5, 5.41) is 3.33. The summed E-state index contributed by atoms with van der Waals surface area (Å²) < 4.78 is 0. The lowest BCUT2D eigenvalue weighted by Gasteiger charge is -2.38. The third-order valence-corrected chi connectivity index (χ3v) is 6.27. The van der Waals surface area contributed by atoms with Crippen LogP contribution in [0.4, 0.5) is 5.69 Å². The van der Waals surface area contributed by atoms with E-state index in [9.17, 15) is 9.59 Å². The zero-order valence-corrected chi connectivity index (χ0v) is 17.2. The second-order valence-electron chi connectivity index (χ2n) is 8.56. The molecular formula is C22H32N4O2. The molecule has 6 nitrogen and oxygen atoms in total. The van der Waals surface area contributed by atoms with E-state index in [1.165, 1.54) is 47.8 Å². The smallest absolute Gasteiger partial charge is 0.244 e. The van der Waals surface area contributed by atoms with Gasteiger partial charge in [-0.05, 0) is 42.0 Å². The fraction of sp³-hybridized carbons (Fsp3) is 0.636. The van der Waals surface area contributed by atoms with Crippen LogP contribution < -0.4 is 4.90 Å². The monoisotopic (exact) mass is 384 g/mol. The largest absolute Gasteiger partial charge is 0.372 e. The van der Waals surface area contributed by atoms with E-state index in [4.69, 9.17) is 0 Å². The zero-order valence-electron chi connectivity index (χ0n) is 17.2. The number of hydrogen-bond acceptors (Lipinski definition) is 5. The standard InChI is InChI=1S/C22H32N4O2/c1-17(2)20-15-19(24-9-3-4-10-24)6-5-18(20)16-23-11-13-25(14-12-23)26-21(27)7-8-22(26)28/h5-6,15,17H,3-4,7-14,16H2,1-2H3. The fourth-order valence-corrected chi connectivity index (χ4v) is 4.65. The van der Waals surface area contributed by atoms with Crippen LogP contribution in [0.3, 0.4) is 0 Å². The molecule has 0 aliphatic carbocycles. The van der Waals surface area contributed by atoms with Gasteiger partial charge in [-0.15, -0.1) is 0 Å². The molecule has 3 aliphatic rings. The quantitative estimate of drug-likeness (QED) is 0.731. The fourth-order valence-electron chi connectivity index (χ4n) is 4.65. The maximum Gasteiger partial charge on any atom is 0.244 e. The van der Waals surface area contributed by atoms with Gasteiger partial charge < -0.3 is 4.90 Å². The van der Waals surface area contributed by atoms with Crippen molar-refractivity contribution in [3.8, 4) is 0 Å². The van der Waals surface area contributed by atoms with Gasteiger partial charge in [-0.3, -0.25) is 14.5 Å². The molecule has 0 saturated carbocycles. The number of nitrogens with zero attached hydrogens (tertiary/aromatic N) is 4. The average molecular weight is 385 g/mol. The number of amides is 2. The summed E-state index contributed by atoms with van der Waals surface area (Å²) >= 11 is 0. The molecule has 3 saturated heterocycles. The Morgan fingerprint density at radius 3 is 2.14 bits per heavy atom. The van der Waals surface area contributed by atoms with E-state index in [0.29, 0.717) is 18.8 Å². The van der Waals surface area contributed by atoms with Crippen LogP contribution in [-0.4, -0.2) is 66.0 Å². The third-order valence-electron chi connectivity index (χ3n) is 6.27. The number of carbonyl (C=O) groups is 2.